The average molecular weight is 227 g/mol. The molecule has 0 saturated heterocycles. The van der Waals surface area contributed by atoms with Crippen LogP contribution < -0.4 is 0 Å². The number of azide groups is 1. The maximum Gasteiger partial charge on any atom is 0.337 e. The first-order valence-corrected chi connectivity index (χ1v) is 4.17. The Morgan fingerprint density at radius 3 is 2.81 bits per heavy atom. The van der Waals surface area contributed by atoms with Gasteiger partial charge in [-0.05, 0) is 23.2 Å². The Labute approximate surface area is 89.3 Å². The van der Waals surface area contributed by atoms with Gasteiger partial charge in [0, 0.05) is 4.91 Å². The first kappa shape index (κ1) is 11.9. The van der Waals surface area contributed by atoms with Gasteiger partial charge in [-0.25, -0.2) is 13.6 Å². The van der Waals surface area contributed by atoms with Crippen LogP contribution in [0.2, 0.25) is 0 Å². The van der Waals surface area contributed by atoms with Gasteiger partial charge in [-0.1, -0.05) is 5.11 Å². The molecule has 0 spiro atoms. The van der Waals surface area contributed by atoms with Crippen LogP contribution in [0.25, 0.3) is 10.4 Å². The zero-order valence-electron chi connectivity index (χ0n) is 8.28. The number of rotatable bonds is 3. The zero-order chi connectivity index (χ0) is 12.1. The fraction of sp³-hybridized carbons (Fsp3) is 0.222. The summed E-state index contributed by atoms with van der Waals surface area (Å²) < 4.78 is 30.6. The first-order chi connectivity index (χ1) is 7.60. The van der Waals surface area contributed by atoms with Crippen LogP contribution in [0.5, 0.6) is 0 Å². The van der Waals surface area contributed by atoms with E-state index < -0.39 is 17.6 Å². The number of hydrogen-bond donors (Lipinski definition) is 0. The number of halogens is 2. The Morgan fingerprint density at radius 2 is 2.25 bits per heavy atom. The monoisotopic (exact) mass is 227 g/mol. The van der Waals surface area contributed by atoms with E-state index in [-0.39, 0.29) is 17.7 Å². The van der Waals surface area contributed by atoms with Crippen LogP contribution in [-0.2, 0) is 11.3 Å². The average Bonchev–Trinajstić information content (AvgIpc) is 2.29. The van der Waals surface area contributed by atoms with Gasteiger partial charge in [0.1, 0.15) is 0 Å². The zero-order valence-corrected chi connectivity index (χ0v) is 8.28. The second-order valence-electron chi connectivity index (χ2n) is 2.81. The summed E-state index contributed by atoms with van der Waals surface area (Å²) in [5.41, 5.74) is 7.73. The number of carbonyl (C=O) groups excluding carboxylic acids is 1. The second-order valence-corrected chi connectivity index (χ2v) is 2.81. The van der Waals surface area contributed by atoms with E-state index in [1.807, 2.05) is 0 Å². The molecule has 0 saturated carbocycles. The van der Waals surface area contributed by atoms with Crippen molar-refractivity contribution < 1.29 is 18.3 Å². The summed E-state index contributed by atoms with van der Waals surface area (Å²) in [6.07, 6.45) is 0. The highest BCUT2D eigenvalue weighted by Gasteiger charge is 2.14. The van der Waals surface area contributed by atoms with Crippen LogP contribution in [0.3, 0.4) is 0 Å². The number of nitrogens with zero attached hydrogens (tertiary/aromatic N) is 3. The third-order valence-electron chi connectivity index (χ3n) is 1.83. The van der Waals surface area contributed by atoms with Crippen molar-refractivity contribution in [2.75, 3.05) is 7.11 Å². The van der Waals surface area contributed by atoms with Crippen LogP contribution in [-0.4, -0.2) is 13.1 Å². The number of methoxy groups -OCH3 is 1. The molecule has 0 aliphatic carbocycles. The van der Waals surface area contributed by atoms with Crippen molar-refractivity contribution in [3.05, 3.63) is 45.3 Å². The molecule has 5 nitrogen and oxygen atoms in total. The Bertz CT molecular complexity index is 470. The molecule has 1 aromatic carbocycles. The minimum absolute atomic E-state index is 0.135. The predicted octanol–water partition coefficient (Wildman–Crippen LogP) is 2.56. The molecule has 0 aromatic heterocycles. The molecular weight excluding hydrogens is 220 g/mol. The molecule has 1 rings (SSSR count). The lowest BCUT2D eigenvalue weighted by molar-refractivity contribution is 0.0600. The lowest BCUT2D eigenvalue weighted by Gasteiger charge is -2.04. The molecule has 0 bridgehead atoms. The summed E-state index contributed by atoms with van der Waals surface area (Å²) in [7, 11) is 1.12. The van der Waals surface area contributed by atoms with E-state index in [9.17, 15) is 13.6 Å². The summed E-state index contributed by atoms with van der Waals surface area (Å²) in [4.78, 5) is 13.5. The van der Waals surface area contributed by atoms with Crippen LogP contribution in [0.4, 0.5) is 8.78 Å². The Kier molecular flexibility index (Phi) is 3.79. The topological polar surface area (TPSA) is 75.1 Å². The summed E-state index contributed by atoms with van der Waals surface area (Å²) in [6.45, 7) is -0.371. The third kappa shape index (κ3) is 2.46. The number of ether oxygens (including phenoxy) is 1. The molecule has 0 unspecified atom stereocenters. The van der Waals surface area contributed by atoms with Crippen LogP contribution >= 0.6 is 0 Å². The first-order valence-electron chi connectivity index (χ1n) is 4.17. The Balaban J connectivity index is 3.21. The molecule has 7 heteroatoms. The molecule has 16 heavy (non-hydrogen) atoms. The summed E-state index contributed by atoms with van der Waals surface area (Å²) in [5, 5.41) is 3.09. The third-order valence-corrected chi connectivity index (χ3v) is 1.83. The molecule has 0 amide bonds. The van der Waals surface area contributed by atoms with Crippen LogP contribution in [0.1, 0.15) is 15.9 Å². The summed E-state index contributed by atoms with van der Waals surface area (Å²) in [6, 6.07) is 1.81. The van der Waals surface area contributed by atoms with E-state index in [4.69, 9.17) is 5.53 Å². The lowest BCUT2D eigenvalue weighted by atomic mass is 10.1. The van der Waals surface area contributed by atoms with E-state index in [0.29, 0.717) is 0 Å². The number of hydrogen-bond acceptors (Lipinski definition) is 3. The molecule has 0 aliphatic heterocycles. The van der Waals surface area contributed by atoms with E-state index >= 15 is 0 Å². The standard InChI is InChI=1S/C9H7F2N3O2/c1-16-9(15)5-2-6(4-13-14-12)8(11)7(10)3-5/h2-3H,4H2,1H3. The minimum Gasteiger partial charge on any atom is -0.465 e. The van der Waals surface area contributed by atoms with Gasteiger partial charge in [0.2, 0.25) is 0 Å². The second kappa shape index (κ2) is 5.09. The van der Waals surface area contributed by atoms with Crippen molar-refractivity contribution in [1.29, 1.82) is 0 Å². The summed E-state index contributed by atoms with van der Waals surface area (Å²) in [5.74, 6) is -3.12. The van der Waals surface area contributed by atoms with E-state index in [2.05, 4.69) is 14.8 Å². The number of benzene rings is 1. The SMILES string of the molecule is COC(=O)c1cc(F)c(F)c(CN=[N+]=[N-])c1. The van der Waals surface area contributed by atoms with Crippen molar-refractivity contribution in [3.63, 3.8) is 0 Å². The lowest BCUT2D eigenvalue weighted by Crippen LogP contribution is -2.05. The van der Waals surface area contributed by atoms with Gasteiger partial charge < -0.3 is 4.74 Å². The van der Waals surface area contributed by atoms with Gasteiger partial charge in [-0.3, -0.25) is 0 Å². The highest BCUT2D eigenvalue weighted by molar-refractivity contribution is 5.89. The predicted molar refractivity (Wildman–Crippen MR) is 50.5 cm³/mol. The maximum atomic E-state index is 13.2. The van der Waals surface area contributed by atoms with Crippen molar-refractivity contribution >= 4 is 5.97 Å². The van der Waals surface area contributed by atoms with E-state index in [0.717, 1.165) is 19.2 Å². The smallest absolute Gasteiger partial charge is 0.337 e. The molecule has 0 radical (unpaired) electrons. The molecule has 0 fully saturated rings. The van der Waals surface area contributed by atoms with Gasteiger partial charge in [0.15, 0.2) is 11.6 Å². The maximum absolute atomic E-state index is 13.2. The number of esters is 1. The van der Waals surface area contributed by atoms with Crippen LogP contribution in [0.15, 0.2) is 17.2 Å². The summed E-state index contributed by atoms with van der Waals surface area (Å²) >= 11 is 0. The molecule has 0 aliphatic rings. The van der Waals surface area contributed by atoms with Gasteiger partial charge in [-0.2, -0.15) is 0 Å². The number of carbonyl (C=O) groups is 1. The van der Waals surface area contributed by atoms with Crippen LogP contribution in [0, 0.1) is 11.6 Å². The van der Waals surface area contributed by atoms with Crippen molar-refractivity contribution in [1.82, 2.24) is 0 Å². The van der Waals surface area contributed by atoms with Gasteiger partial charge in [-0.15, -0.1) is 0 Å². The van der Waals surface area contributed by atoms with E-state index in [1.54, 1.807) is 0 Å². The minimum atomic E-state index is -1.19. The van der Waals surface area contributed by atoms with Gasteiger partial charge in [0.05, 0.1) is 19.2 Å². The highest BCUT2D eigenvalue weighted by Crippen LogP contribution is 2.16. The van der Waals surface area contributed by atoms with Crippen molar-refractivity contribution in [2.24, 2.45) is 5.11 Å². The van der Waals surface area contributed by atoms with Crippen molar-refractivity contribution in [3.8, 4) is 0 Å². The fourth-order valence-electron chi connectivity index (χ4n) is 1.10. The molecular formula is C9H7F2N3O2. The van der Waals surface area contributed by atoms with Crippen molar-refractivity contribution in [2.45, 2.75) is 6.54 Å². The Hall–Kier alpha value is -2.14. The largest absolute Gasteiger partial charge is 0.465 e. The van der Waals surface area contributed by atoms with Gasteiger partial charge in [0.25, 0.3) is 0 Å². The molecule has 84 valence electrons. The highest BCUT2D eigenvalue weighted by atomic mass is 19.2. The fourth-order valence-corrected chi connectivity index (χ4v) is 1.10. The van der Waals surface area contributed by atoms with E-state index in [1.165, 1.54) is 0 Å². The molecule has 1 aromatic rings. The molecule has 0 heterocycles. The molecule has 0 atom stereocenters. The van der Waals surface area contributed by atoms with Gasteiger partial charge >= 0.3 is 5.97 Å². The molecule has 0 N–H and O–H groups in total. The Morgan fingerprint density at radius 1 is 1.56 bits per heavy atom. The normalized spacial score (nSPS) is 9.44. The quantitative estimate of drug-likeness (QED) is 0.344.